The fraction of sp³-hybridized carbons (Fsp3) is 0.647. The van der Waals surface area contributed by atoms with Gasteiger partial charge in [0.05, 0.1) is 6.10 Å². The molecular formula is C17H29NO2. The van der Waals surface area contributed by atoms with E-state index in [0.29, 0.717) is 0 Å². The summed E-state index contributed by atoms with van der Waals surface area (Å²) in [6.45, 7) is 15.1. The van der Waals surface area contributed by atoms with Gasteiger partial charge in [0.15, 0.2) is 0 Å². The fourth-order valence-corrected chi connectivity index (χ4v) is 1.98. The monoisotopic (exact) mass is 279 g/mol. The van der Waals surface area contributed by atoms with Gasteiger partial charge in [-0.15, -0.1) is 0 Å². The number of aliphatic hydroxyl groups excluding tert-OH is 1. The number of nitrogens with one attached hydrogen (secondary N) is 1. The van der Waals surface area contributed by atoms with Crippen LogP contribution in [0.25, 0.3) is 0 Å². The normalized spacial score (nSPS) is 15.0. The van der Waals surface area contributed by atoms with E-state index in [1.54, 1.807) is 6.92 Å². The van der Waals surface area contributed by atoms with Crippen LogP contribution >= 0.6 is 0 Å². The Bertz CT molecular complexity index is 424. The third-order valence-electron chi connectivity index (χ3n) is 3.33. The predicted molar refractivity (Wildman–Crippen MR) is 84.3 cm³/mol. The lowest BCUT2D eigenvalue weighted by atomic mass is 10.0. The van der Waals surface area contributed by atoms with Gasteiger partial charge in [-0.05, 0) is 65.2 Å². The molecule has 0 aliphatic rings. The van der Waals surface area contributed by atoms with Gasteiger partial charge in [0.25, 0.3) is 0 Å². The van der Waals surface area contributed by atoms with Crippen LogP contribution in [0.15, 0.2) is 12.1 Å². The lowest BCUT2D eigenvalue weighted by Crippen LogP contribution is -2.35. The molecule has 1 rings (SSSR count). The van der Waals surface area contributed by atoms with E-state index in [1.807, 2.05) is 6.92 Å². The highest BCUT2D eigenvalue weighted by atomic mass is 16.5. The van der Waals surface area contributed by atoms with Gasteiger partial charge in [-0.25, -0.2) is 0 Å². The molecule has 114 valence electrons. The van der Waals surface area contributed by atoms with Crippen LogP contribution in [0.2, 0.25) is 0 Å². The maximum Gasteiger partial charge on any atom is 0.125 e. The Morgan fingerprint density at radius 3 is 2.05 bits per heavy atom. The zero-order valence-electron chi connectivity index (χ0n) is 13.9. The van der Waals surface area contributed by atoms with E-state index in [1.165, 1.54) is 5.56 Å². The second kappa shape index (κ2) is 6.59. The molecule has 0 heterocycles. The van der Waals surface area contributed by atoms with E-state index in [0.717, 1.165) is 23.4 Å². The first-order valence-electron chi connectivity index (χ1n) is 7.30. The van der Waals surface area contributed by atoms with Crippen molar-refractivity contribution < 1.29 is 9.84 Å². The molecular weight excluding hydrogens is 250 g/mol. The van der Waals surface area contributed by atoms with Gasteiger partial charge >= 0.3 is 0 Å². The highest BCUT2D eigenvalue weighted by Crippen LogP contribution is 2.26. The van der Waals surface area contributed by atoms with Gasteiger partial charge in [0, 0.05) is 12.1 Å². The maximum absolute atomic E-state index is 9.56. The van der Waals surface area contributed by atoms with E-state index in [9.17, 15) is 5.11 Å². The van der Waals surface area contributed by atoms with Crippen LogP contribution in [0.4, 0.5) is 0 Å². The Kier molecular flexibility index (Phi) is 5.60. The van der Waals surface area contributed by atoms with Crippen molar-refractivity contribution in [2.75, 3.05) is 0 Å². The molecule has 3 heteroatoms. The van der Waals surface area contributed by atoms with Gasteiger partial charge in [0.2, 0.25) is 0 Å². The predicted octanol–water partition coefficient (Wildman–Crippen LogP) is 3.34. The van der Waals surface area contributed by atoms with Gasteiger partial charge in [-0.1, -0.05) is 12.1 Å². The van der Waals surface area contributed by atoms with Crippen molar-refractivity contribution in [2.45, 2.75) is 72.8 Å². The summed E-state index contributed by atoms with van der Waals surface area (Å²) in [5.74, 6) is 0.887. The summed E-state index contributed by atoms with van der Waals surface area (Å²) in [6.07, 6.45) is -0.679. The summed E-state index contributed by atoms with van der Waals surface area (Å²) in [5.41, 5.74) is 3.59. The number of ether oxygens (including phenoxy) is 1. The third kappa shape index (κ3) is 5.14. The van der Waals surface area contributed by atoms with Crippen LogP contribution in [0.3, 0.4) is 0 Å². The van der Waals surface area contributed by atoms with Crippen LogP contribution in [0, 0.1) is 13.8 Å². The third-order valence-corrected chi connectivity index (χ3v) is 3.33. The van der Waals surface area contributed by atoms with Crippen molar-refractivity contribution >= 4 is 0 Å². The number of benzene rings is 1. The van der Waals surface area contributed by atoms with Crippen molar-refractivity contribution in [3.05, 3.63) is 28.8 Å². The number of hydrogen-bond donors (Lipinski definition) is 2. The second-order valence-electron chi connectivity index (χ2n) is 6.73. The van der Waals surface area contributed by atoms with E-state index in [-0.39, 0.29) is 11.6 Å². The average Bonchev–Trinajstić information content (AvgIpc) is 2.29. The van der Waals surface area contributed by atoms with Gasteiger partial charge in [-0.3, -0.25) is 0 Å². The Balaban J connectivity index is 2.86. The molecule has 0 radical (unpaired) electrons. The fourth-order valence-electron chi connectivity index (χ4n) is 1.98. The summed E-state index contributed by atoms with van der Waals surface area (Å²) in [4.78, 5) is 0. The first kappa shape index (κ1) is 17.0. The van der Waals surface area contributed by atoms with Crippen molar-refractivity contribution in [2.24, 2.45) is 0 Å². The second-order valence-corrected chi connectivity index (χ2v) is 6.73. The van der Waals surface area contributed by atoms with Crippen LogP contribution in [0.1, 0.15) is 51.3 Å². The molecule has 0 aliphatic heterocycles. The molecule has 0 aromatic heterocycles. The minimum Gasteiger partial charge on any atom is -0.487 e. The summed E-state index contributed by atoms with van der Waals surface area (Å²) >= 11 is 0. The Morgan fingerprint density at radius 1 is 1.15 bits per heavy atom. The summed E-state index contributed by atoms with van der Waals surface area (Å²) < 4.78 is 5.87. The van der Waals surface area contributed by atoms with Crippen LogP contribution < -0.4 is 10.1 Å². The number of rotatable bonds is 5. The molecule has 1 aromatic rings. The van der Waals surface area contributed by atoms with Crippen molar-refractivity contribution in [1.82, 2.24) is 5.32 Å². The highest BCUT2D eigenvalue weighted by Gasteiger charge is 2.15. The zero-order valence-corrected chi connectivity index (χ0v) is 13.9. The Hall–Kier alpha value is -1.06. The van der Waals surface area contributed by atoms with E-state index < -0.39 is 6.10 Å². The molecule has 0 bridgehead atoms. The van der Waals surface area contributed by atoms with Gasteiger partial charge in [-0.2, -0.15) is 0 Å². The minimum atomic E-state index is -0.476. The van der Waals surface area contributed by atoms with Crippen LogP contribution in [0.5, 0.6) is 5.75 Å². The van der Waals surface area contributed by atoms with Crippen molar-refractivity contribution in [3.63, 3.8) is 0 Å². The first-order chi connectivity index (χ1) is 9.10. The van der Waals surface area contributed by atoms with Crippen molar-refractivity contribution in [1.29, 1.82) is 0 Å². The van der Waals surface area contributed by atoms with Gasteiger partial charge in [0.1, 0.15) is 11.9 Å². The molecule has 0 spiro atoms. The molecule has 0 saturated heterocycles. The SMILES string of the molecule is Cc1cc(CNC(C)(C)C)cc(C)c1OC(C)C(C)O. The summed E-state index contributed by atoms with van der Waals surface area (Å²) in [6, 6.07) is 4.30. The lowest BCUT2D eigenvalue weighted by molar-refractivity contribution is 0.0595. The Labute approximate surface area is 123 Å². The molecule has 0 fully saturated rings. The summed E-state index contributed by atoms with van der Waals surface area (Å²) in [5, 5.41) is 13.0. The molecule has 0 amide bonds. The zero-order chi connectivity index (χ0) is 15.5. The lowest BCUT2D eigenvalue weighted by Gasteiger charge is -2.23. The van der Waals surface area contributed by atoms with Crippen LogP contribution in [-0.4, -0.2) is 22.9 Å². The molecule has 1 aromatic carbocycles. The Morgan fingerprint density at radius 2 is 1.65 bits per heavy atom. The average molecular weight is 279 g/mol. The molecule has 0 aliphatic carbocycles. The van der Waals surface area contributed by atoms with E-state index >= 15 is 0 Å². The molecule has 3 nitrogen and oxygen atoms in total. The largest absolute Gasteiger partial charge is 0.487 e. The maximum atomic E-state index is 9.56. The van der Waals surface area contributed by atoms with E-state index in [4.69, 9.17) is 4.74 Å². The minimum absolute atomic E-state index is 0.109. The van der Waals surface area contributed by atoms with Gasteiger partial charge < -0.3 is 15.2 Å². The quantitative estimate of drug-likeness (QED) is 0.868. The topological polar surface area (TPSA) is 41.5 Å². The number of aliphatic hydroxyl groups is 1. The summed E-state index contributed by atoms with van der Waals surface area (Å²) in [7, 11) is 0. The molecule has 2 N–H and O–H groups in total. The standard InChI is InChI=1S/C17H29NO2/c1-11-8-15(10-18-17(5,6)7)9-12(2)16(11)20-14(4)13(3)19/h8-9,13-14,18-19H,10H2,1-7H3. The van der Waals surface area contributed by atoms with Crippen LogP contribution in [-0.2, 0) is 6.54 Å². The smallest absolute Gasteiger partial charge is 0.125 e. The molecule has 2 atom stereocenters. The molecule has 20 heavy (non-hydrogen) atoms. The number of aryl methyl sites for hydroxylation is 2. The molecule has 2 unspecified atom stereocenters. The number of hydrogen-bond acceptors (Lipinski definition) is 3. The first-order valence-corrected chi connectivity index (χ1v) is 7.30. The highest BCUT2D eigenvalue weighted by molar-refractivity contribution is 5.43. The molecule has 0 saturated carbocycles. The van der Waals surface area contributed by atoms with Crippen molar-refractivity contribution in [3.8, 4) is 5.75 Å². The van der Waals surface area contributed by atoms with E-state index in [2.05, 4.69) is 52.1 Å².